The molecule has 128 valence electrons. The molecule has 1 amide bonds. The second-order valence-corrected chi connectivity index (χ2v) is 8.41. The number of benzene rings is 1. The van der Waals surface area contributed by atoms with E-state index in [-0.39, 0.29) is 22.9 Å². The van der Waals surface area contributed by atoms with Gasteiger partial charge < -0.3 is 4.74 Å². The number of carbonyl (C=O) groups excluding carboxylic acids is 2. The second-order valence-electron chi connectivity index (χ2n) is 4.80. The lowest BCUT2D eigenvalue weighted by Crippen LogP contribution is -2.22. The lowest BCUT2D eigenvalue weighted by Gasteiger charge is -2.10. The van der Waals surface area contributed by atoms with Crippen molar-refractivity contribution in [1.82, 2.24) is 10.2 Å². The molecule has 0 fully saturated rings. The highest BCUT2D eigenvalue weighted by Gasteiger charge is 2.17. The number of nitrogens with zero attached hydrogens (tertiary/aromatic N) is 2. The third-order valence-corrected chi connectivity index (χ3v) is 5.94. The van der Waals surface area contributed by atoms with Gasteiger partial charge >= 0.3 is 5.97 Å². The summed E-state index contributed by atoms with van der Waals surface area (Å²) in [6.45, 7) is 3.86. The third kappa shape index (κ3) is 5.81. The second kappa shape index (κ2) is 9.05. The Kier molecular flexibility index (Phi) is 7.07. The number of aromatic nitrogens is 2. The molecule has 0 radical (unpaired) electrons. The van der Waals surface area contributed by atoms with Crippen LogP contribution in [0.25, 0.3) is 0 Å². The molecule has 2 aromatic rings. The van der Waals surface area contributed by atoms with Crippen LogP contribution < -0.4 is 5.32 Å². The summed E-state index contributed by atoms with van der Waals surface area (Å²) in [6, 6.07) is 8.03. The standard InChI is InChI=1S/C15H17N3O3S3/c1-9-4-6-11(7-5-9)23-10(2)13(20)16-14-17-18-15(24-14)22-8-12(19)21-3/h4-7,10H,8H2,1-3H3,(H,16,17,20). The molecule has 2 rings (SSSR count). The summed E-state index contributed by atoms with van der Waals surface area (Å²) >= 11 is 3.94. The van der Waals surface area contributed by atoms with Crippen LogP contribution >= 0.6 is 34.9 Å². The Hall–Kier alpha value is -1.58. The van der Waals surface area contributed by atoms with Crippen molar-refractivity contribution in [2.75, 3.05) is 18.2 Å². The summed E-state index contributed by atoms with van der Waals surface area (Å²) in [5.41, 5.74) is 1.18. The molecule has 24 heavy (non-hydrogen) atoms. The van der Waals surface area contributed by atoms with Gasteiger partial charge in [-0.25, -0.2) is 0 Å². The van der Waals surface area contributed by atoms with E-state index in [0.717, 1.165) is 4.90 Å². The first-order valence-corrected chi connectivity index (χ1v) is 9.73. The first-order valence-electron chi connectivity index (χ1n) is 7.05. The lowest BCUT2D eigenvalue weighted by atomic mass is 10.2. The Morgan fingerprint density at radius 3 is 2.67 bits per heavy atom. The van der Waals surface area contributed by atoms with Gasteiger partial charge in [0.1, 0.15) is 0 Å². The quantitative estimate of drug-likeness (QED) is 0.446. The number of rotatable bonds is 7. The molecule has 6 nitrogen and oxygen atoms in total. The molecular weight excluding hydrogens is 366 g/mol. The fourth-order valence-corrected chi connectivity index (χ4v) is 4.03. The molecule has 1 aromatic carbocycles. The van der Waals surface area contributed by atoms with Crippen LogP contribution in [0, 0.1) is 6.92 Å². The number of nitrogens with one attached hydrogen (secondary N) is 1. The highest BCUT2D eigenvalue weighted by molar-refractivity contribution is 8.01. The Morgan fingerprint density at radius 1 is 1.29 bits per heavy atom. The van der Waals surface area contributed by atoms with Crippen molar-refractivity contribution in [3.63, 3.8) is 0 Å². The molecule has 1 atom stereocenters. The van der Waals surface area contributed by atoms with Crippen molar-refractivity contribution in [3.05, 3.63) is 29.8 Å². The van der Waals surface area contributed by atoms with Gasteiger partial charge in [-0.05, 0) is 26.0 Å². The maximum atomic E-state index is 12.2. The van der Waals surface area contributed by atoms with Gasteiger partial charge in [0.15, 0.2) is 4.34 Å². The number of hydrogen-bond acceptors (Lipinski definition) is 8. The Bertz CT molecular complexity index is 703. The first kappa shape index (κ1) is 18.8. The van der Waals surface area contributed by atoms with Crippen molar-refractivity contribution in [2.45, 2.75) is 28.3 Å². The molecule has 0 aliphatic heterocycles. The van der Waals surface area contributed by atoms with Crippen LogP contribution in [0.4, 0.5) is 5.13 Å². The highest BCUT2D eigenvalue weighted by Crippen LogP contribution is 2.27. The summed E-state index contributed by atoms with van der Waals surface area (Å²) in [5.74, 6) is -0.302. The average Bonchev–Trinajstić information content (AvgIpc) is 3.02. The molecule has 0 spiro atoms. The topological polar surface area (TPSA) is 81.2 Å². The molecule has 9 heteroatoms. The zero-order chi connectivity index (χ0) is 17.5. The molecule has 1 unspecified atom stereocenters. The number of anilines is 1. The molecule has 1 N–H and O–H groups in total. The predicted octanol–water partition coefficient (Wildman–Crippen LogP) is 3.23. The van der Waals surface area contributed by atoms with Gasteiger partial charge in [-0.2, -0.15) is 0 Å². The Balaban J connectivity index is 1.86. The van der Waals surface area contributed by atoms with Gasteiger partial charge in [0.2, 0.25) is 11.0 Å². The van der Waals surface area contributed by atoms with E-state index < -0.39 is 0 Å². The average molecular weight is 384 g/mol. The van der Waals surface area contributed by atoms with E-state index in [2.05, 4.69) is 20.3 Å². The normalized spacial score (nSPS) is 11.8. The van der Waals surface area contributed by atoms with Crippen molar-refractivity contribution in [2.24, 2.45) is 0 Å². The summed E-state index contributed by atoms with van der Waals surface area (Å²) in [7, 11) is 1.34. The number of aryl methyl sites for hydroxylation is 1. The molecule has 0 saturated heterocycles. The van der Waals surface area contributed by atoms with E-state index >= 15 is 0 Å². The smallest absolute Gasteiger partial charge is 0.316 e. The zero-order valence-electron chi connectivity index (χ0n) is 13.4. The van der Waals surface area contributed by atoms with Gasteiger partial charge in [-0.15, -0.1) is 22.0 Å². The minimum Gasteiger partial charge on any atom is -0.468 e. The summed E-state index contributed by atoms with van der Waals surface area (Å²) in [6.07, 6.45) is 0. The van der Waals surface area contributed by atoms with Gasteiger partial charge in [-0.1, -0.05) is 40.8 Å². The van der Waals surface area contributed by atoms with E-state index in [9.17, 15) is 9.59 Å². The van der Waals surface area contributed by atoms with Crippen LogP contribution in [0.5, 0.6) is 0 Å². The molecule has 0 bridgehead atoms. The number of ether oxygens (including phenoxy) is 1. The molecule has 1 heterocycles. The van der Waals surface area contributed by atoms with Crippen LogP contribution in [0.3, 0.4) is 0 Å². The Morgan fingerprint density at radius 2 is 2.00 bits per heavy atom. The number of methoxy groups -OCH3 is 1. The van der Waals surface area contributed by atoms with Gasteiger partial charge in [0, 0.05) is 4.90 Å². The van der Waals surface area contributed by atoms with Crippen LogP contribution in [0.2, 0.25) is 0 Å². The molecular formula is C15H17N3O3S3. The van der Waals surface area contributed by atoms with Crippen molar-refractivity contribution >= 4 is 51.9 Å². The van der Waals surface area contributed by atoms with Crippen LogP contribution in [-0.4, -0.2) is 40.2 Å². The number of carbonyl (C=O) groups is 2. The van der Waals surface area contributed by atoms with Gasteiger partial charge in [0.25, 0.3) is 0 Å². The minimum absolute atomic E-state index is 0.138. The van der Waals surface area contributed by atoms with E-state index in [1.54, 1.807) is 0 Å². The van der Waals surface area contributed by atoms with Crippen LogP contribution in [0.1, 0.15) is 12.5 Å². The number of hydrogen-bond donors (Lipinski definition) is 1. The summed E-state index contributed by atoms with van der Waals surface area (Å²) in [4.78, 5) is 24.4. The predicted molar refractivity (Wildman–Crippen MR) is 97.8 cm³/mol. The van der Waals surface area contributed by atoms with Crippen molar-refractivity contribution < 1.29 is 14.3 Å². The maximum absolute atomic E-state index is 12.2. The molecule has 1 aromatic heterocycles. The lowest BCUT2D eigenvalue weighted by molar-refractivity contribution is -0.137. The largest absolute Gasteiger partial charge is 0.468 e. The van der Waals surface area contributed by atoms with E-state index in [1.807, 2.05) is 38.1 Å². The van der Waals surface area contributed by atoms with Crippen LogP contribution in [-0.2, 0) is 14.3 Å². The fourth-order valence-electron chi connectivity index (χ4n) is 1.58. The Labute approximate surface area is 152 Å². The summed E-state index contributed by atoms with van der Waals surface area (Å²) in [5, 5.41) is 10.8. The highest BCUT2D eigenvalue weighted by atomic mass is 32.2. The summed E-state index contributed by atoms with van der Waals surface area (Å²) < 4.78 is 5.17. The van der Waals surface area contributed by atoms with E-state index in [1.165, 1.54) is 47.5 Å². The molecule has 0 aliphatic rings. The van der Waals surface area contributed by atoms with Gasteiger partial charge in [-0.3, -0.25) is 14.9 Å². The monoisotopic (exact) mass is 383 g/mol. The number of amides is 1. The first-order chi connectivity index (χ1) is 11.5. The van der Waals surface area contributed by atoms with E-state index in [4.69, 9.17) is 0 Å². The minimum atomic E-state index is -0.330. The number of esters is 1. The third-order valence-electron chi connectivity index (χ3n) is 2.88. The van der Waals surface area contributed by atoms with Crippen molar-refractivity contribution in [1.29, 1.82) is 0 Å². The van der Waals surface area contributed by atoms with Gasteiger partial charge in [0.05, 0.1) is 18.1 Å². The van der Waals surface area contributed by atoms with E-state index in [0.29, 0.717) is 9.47 Å². The molecule has 0 aliphatic carbocycles. The SMILES string of the molecule is COC(=O)CSc1nnc(NC(=O)C(C)Sc2ccc(C)cc2)s1. The van der Waals surface area contributed by atoms with Crippen molar-refractivity contribution in [3.8, 4) is 0 Å². The number of thioether (sulfide) groups is 2. The molecule has 0 saturated carbocycles. The zero-order valence-corrected chi connectivity index (χ0v) is 15.9. The van der Waals surface area contributed by atoms with Crippen LogP contribution in [0.15, 0.2) is 33.5 Å². The fraction of sp³-hybridized carbons (Fsp3) is 0.333. The maximum Gasteiger partial charge on any atom is 0.316 e.